The molecule has 0 aliphatic carbocycles. The average molecular weight is 345 g/mol. The van der Waals surface area contributed by atoms with Crippen molar-refractivity contribution in [2.75, 3.05) is 13.7 Å². The minimum atomic E-state index is -1.02. The lowest BCUT2D eigenvalue weighted by Gasteiger charge is -2.21. The van der Waals surface area contributed by atoms with E-state index in [1.165, 1.54) is 18.4 Å². The number of hydrogen-bond acceptors (Lipinski definition) is 7. The molecule has 0 aromatic carbocycles. The molecule has 8 heteroatoms. The minimum absolute atomic E-state index is 0.0509. The second kappa shape index (κ2) is 9.59. The number of carbonyl (C=O) groups is 2. The first kappa shape index (κ1) is 19.5. The van der Waals surface area contributed by atoms with E-state index in [9.17, 15) is 9.59 Å². The number of carbonyl (C=O) groups excluding carboxylic acids is 1. The maximum Gasteiger partial charge on any atom is 0.341 e. The van der Waals surface area contributed by atoms with Crippen LogP contribution in [-0.4, -0.2) is 48.0 Å². The molecule has 0 radical (unpaired) electrons. The maximum atomic E-state index is 12.0. The summed E-state index contributed by atoms with van der Waals surface area (Å²) in [6.07, 6.45) is -1.95. The van der Waals surface area contributed by atoms with Gasteiger partial charge in [-0.3, -0.25) is 0 Å². The van der Waals surface area contributed by atoms with Gasteiger partial charge in [-0.05, 0) is 19.3 Å². The lowest BCUT2D eigenvalue weighted by Crippen LogP contribution is -2.32. The molecule has 23 heavy (non-hydrogen) atoms. The Kier molecular flexibility index (Phi) is 8.15. The molecule has 0 fully saturated rings. The van der Waals surface area contributed by atoms with Gasteiger partial charge in [0.25, 0.3) is 0 Å². The normalized spacial score (nSPS) is 15.2. The number of thiazole rings is 1. The number of rotatable bonds is 10. The van der Waals surface area contributed by atoms with Crippen LogP contribution in [0, 0.1) is 5.92 Å². The summed E-state index contributed by atoms with van der Waals surface area (Å²) < 4.78 is 15.7. The van der Waals surface area contributed by atoms with Crippen molar-refractivity contribution in [2.45, 2.75) is 45.5 Å². The van der Waals surface area contributed by atoms with Crippen molar-refractivity contribution in [3.8, 4) is 0 Å². The lowest BCUT2D eigenvalue weighted by atomic mass is 10.1. The van der Waals surface area contributed by atoms with E-state index in [2.05, 4.69) is 4.98 Å². The van der Waals surface area contributed by atoms with E-state index in [0.717, 1.165) is 0 Å². The first-order chi connectivity index (χ1) is 10.8. The molecule has 7 nitrogen and oxygen atoms in total. The molecule has 0 spiro atoms. The number of nitrogens with zero attached hydrogens (tertiary/aromatic N) is 1. The van der Waals surface area contributed by atoms with Crippen molar-refractivity contribution in [2.24, 2.45) is 5.92 Å². The second-order valence-electron chi connectivity index (χ2n) is 5.56. The molecule has 0 amide bonds. The zero-order valence-corrected chi connectivity index (χ0v) is 14.5. The minimum Gasteiger partial charge on any atom is -0.479 e. The van der Waals surface area contributed by atoms with Gasteiger partial charge in [-0.2, -0.15) is 0 Å². The number of esters is 1. The number of carboxylic acid groups (broad SMARTS) is 1. The zero-order chi connectivity index (χ0) is 17.4. The number of aliphatic carboxylic acids is 1. The summed E-state index contributed by atoms with van der Waals surface area (Å²) in [5, 5.41) is 10.8. The molecule has 1 N–H and O–H groups in total. The van der Waals surface area contributed by atoms with Crippen LogP contribution in [0.15, 0.2) is 10.9 Å². The Bertz CT molecular complexity index is 490. The molecule has 1 heterocycles. The first-order valence-corrected chi connectivity index (χ1v) is 8.25. The van der Waals surface area contributed by atoms with Crippen LogP contribution in [0.1, 0.15) is 39.0 Å². The SMILES string of the molecule is CO[C@H](C(=O)OCC(C)O[C@@H](CC(C)C)C(=O)O)c1cscn1. The van der Waals surface area contributed by atoms with E-state index in [4.69, 9.17) is 19.3 Å². The highest BCUT2D eigenvalue weighted by molar-refractivity contribution is 7.07. The number of aromatic nitrogens is 1. The fraction of sp³-hybridized carbons (Fsp3) is 0.667. The molecule has 1 rings (SSSR count). The Labute approximate surface area is 139 Å². The third kappa shape index (κ3) is 6.64. The highest BCUT2D eigenvalue weighted by Crippen LogP contribution is 2.18. The Balaban J connectivity index is 2.49. The maximum absolute atomic E-state index is 12.0. The fourth-order valence-corrected chi connectivity index (χ4v) is 2.49. The molecule has 1 aromatic rings. The van der Waals surface area contributed by atoms with Crippen molar-refractivity contribution in [1.82, 2.24) is 4.98 Å². The van der Waals surface area contributed by atoms with Crippen LogP contribution >= 0.6 is 11.3 Å². The van der Waals surface area contributed by atoms with Gasteiger partial charge in [-0.25, -0.2) is 14.6 Å². The summed E-state index contributed by atoms with van der Waals surface area (Å²) in [7, 11) is 1.40. The predicted molar refractivity (Wildman–Crippen MR) is 84.2 cm³/mol. The predicted octanol–water partition coefficient (Wildman–Crippen LogP) is 2.28. The van der Waals surface area contributed by atoms with Gasteiger partial charge in [0, 0.05) is 12.5 Å². The van der Waals surface area contributed by atoms with Gasteiger partial charge >= 0.3 is 11.9 Å². The van der Waals surface area contributed by atoms with Crippen molar-refractivity contribution >= 4 is 23.3 Å². The van der Waals surface area contributed by atoms with E-state index in [1.807, 2.05) is 13.8 Å². The number of methoxy groups -OCH3 is 1. The van der Waals surface area contributed by atoms with Crippen molar-refractivity contribution < 1.29 is 28.9 Å². The molecule has 0 aliphatic rings. The van der Waals surface area contributed by atoms with E-state index in [-0.39, 0.29) is 12.5 Å². The Hall–Kier alpha value is -1.51. The topological polar surface area (TPSA) is 95.0 Å². The highest BCUT2D eigenvalue weighted by atomic mass is 32.1. The molecule has 0 saturated carbocycles. The molecular formula is C15H23NO6S. The summed E-state index contributed by atoms with van der Waals surface area (Å²) in [6, 6.07) is 0. The van der Waals surface area contributed by atoms with Crippen LogP contribution in [0.5, 0.6) is 0 Å². The van der Waals surface area contributed by atoms with Gasteiger partial charge < -0.3 is 19.3 Å². The van der Waals surface area contributed by atoms with E-state index in [0.29, 0.717) is 12.1 Å². The molecule has 130 valence electrons. The molecule has 0 saturated heterocycles. The van der Waals surface area contributed by atoms with Gasteiger partial charge in [-0.1, -0.05) is 13.8 Å². The molecular weight excluding hydrogens is 322 g/mol. The summed E-state index contributed by atoms with van der Waals surface area (Å²) >= 11 is 1.35. The average Bonchev–Trinajstić information content (AvgIpc) is 2.98. The summed E-state index contributed by atoms with van der Waals surface area (Å²) in [4.78, 5) is 27.2. The number of hydrogen-bond donors (Lipinski definition) is 1. The molecule has 1 aromatic heterocycles. The van der Waals surface area contributed by atoms with Gasteiger partial charge in [0.05, 0.1) is 17.3 Å². The number of ether oxygens (including phenoxy) is 3. The standard InChI is InChI=1S/C15H23NO6S/c1-9(2)5-12(14(17)18)22-10(3)6-21-15(19)13(20-4)11-7-23-8-16-11/h7-10,12-13H,5-6H2,1-4H3,(H,17,18)/t10?,12-,13-/m0/s1. The van der Waals surface area contributed by atoms with Crippen LogP contribution < -0.4 is 0 Å². The Morgan fingerprint density at radius 2 is 2.04 bits per heavy atom. The molecule has 0 aliphatic heterocycles. The van der Waals surface area contributed by atoms with Gasteiger partial charge in [0.1, 0.15) is 6.61 Å². The Morgan fingerprint density at radius 3 is 2.52 bits per heavy atom. The second-order valence-corrected chi connectivity index (χ2v) is 6.28. The first-order valence-electron chi connectivity index (χ1n) is 7.30. The fourth-order valence-electron chi connectivity index (χ4n) is 1.93. The van der Waals surface area contributed by atoms with Crippen LogP contribution in [0.25, 0.3) is 0 Å². The smallest absolute Gasteiger partial charge is 0.341 e. The quantitative estimate of drug-likeness (QED) is 0.650. The highest BCUT2D eigenvalue weighted by Gasteiger charge is 2.26. The largest absolute Gasteiger partial charge is 0.479 e. The third-order valence-electron chi connectivity index (χ3n) is 2.99. The summed E-state index contributed by atoms with van der Waals surface area (Å²) in [5.41, 5.74) is 2.09. The van der Waals surface area contributed by atoms with Crippen molar-refractivity contribution in [3.63, 3.8) is 0 Å². The lowest BCUT2D eigenvalue weighted by molar-refractivity contribution is -0.166. The van der Waals surface area contributed by atoms with Gasteiger partial charge in [0.2, 0.25) is 0 Å². The van der Waals surface area contributed by atoms with Crippen LogP contribution in [-0.2, 0) is 23.8 Å². The monoisotopic (exact) mass is 345 g/mol. The Morgan fingerprint density at radius 1 is 1.35 bits per heavy atom. The molecule has 1 unspecified atom stereocenters. The van der Waals surface area contributed by atoms with E-state index in [1.54, 1.807) is 17.8 Å². The van der Waals surface area contributed by atoms with Crippen molar-refractivity contribution in [1.29, 1.82) is 0 Å². The van der Waals surface area contributed by atoms with Crippen LogP contribution in [0.3, 0.4) is 0 Å². The van der Waals surface area contributed by atoms with Gasteiger partial charge in [-0.15, -0.1) is 11.3 Å². The molecule has 3 atom stereocenters. The third-order valence-corrected chi connectivity index (χ3v) is 3.59. The van der Waals surface area contributed by atoms with E-state index < -0.39 is 30.3 Å². The van der Waals surface area contributed by atoms with Crippen LogP contribution in [0.4, 0.5) is 0 Å². The molecule has 0 bridgehead atoms. The van der Waals surface area contributed by atoms with Crippen LogP contribution in [0.2, 0.25) is 0 Å². The number of carboxylic acids is 1. The summed E-state index contributed by atoms with van der Waals surface area (Å²) in [5.74, 6) is -1.41. The van der Waals surface area contributed by atoms with E-state index >= 15 is 0 Å². The summed E-state index contributed by atoms with van der Waals surface area (Å²) in [6.45, 7) is 5.45. The van der Waals surface area contributed by atoms with Crippen molar-refractivity contribution in [3.05, 3.63) is 16.6 Å². The zero-order valence-electron chi connectivity index (χ0n) is 13.7. The van der Waals surface area contributed by atoms with Gasteiger partial charge in [0.15, 0.2) is 12.2 Å².